The Hall–Kier alpha value is -3.57. The Morgan fingerprint density at radius 2 is 1.77 bits per heavy atom. The minimum atomic E-state index is -3.91. The van der Waals surface area contributed by atoms with Crippen molar-refractivity contribution in [2.45, 2.75) is 11.4 Å². The van der Waals surface area contributed by atoms with Crippen LogP contribution in [0.5, 0.6) is 0 Å². The van der Waals surface area contributed by atoms with Crippen molar-refractivity contribution >= 4 is 27.5 Å². The molecule has 0 saturated heterocycles. The van der Waals surface area contributed by atoms with Gasteiger partial charge in [-0.1, -0.05) is 6.07 Å². The van der Waals surface area contributed by atoms with Crippen molar-refractivity contribution in [3.05, 3.63) is 83.8 Å². The molecular formula is C20H17F2N3O5S. The van der Waals surface area contributed by atoms with Gasteiger partial charge in [0.15, 0.2) is 11.6 Å². The predicted octanol–water partition coefficient (Wildman–Crippen LogP) is 2.40. The molecule has 2 aromatic carbocycles. The summed E-state index contributed by atoms with van der Waals surface area (Å²) in [5.41, 5.74) is 0.0374. The summed E-state index contributed by atoms with van der Waals surface area (Å²) < 4.78 is 58.4. The number of hydrogen-bond acceptors (Lipinski definition) is 5. The fourth-order valence-electron chi connectivity index (χ4n) is 2.51. The highest BCUT2D eigenvalue weighted by atomic mass is 32.2. The molecule has 0 saturated carbocycles. The molecule has 2 amide bonds. The van der Waals surface area contributed by atoms with Crippen LogP contribution in [0.4, 0.5) is 14.5 Å². The lowest BCUT2D eigenvalue weighted by Gasteiger charge is -2.09. The van der Waals surface area contributed by atoms with Crippen molar-refractivity contribution in [3.8, 4) is 0 Å². The van der Waals surface area contributed by atoms with Crippen LogP contribution >= 0.6 is 0 Å². The van der Waals surface area contributed by atoms with E-state index in [1.54, 1.807) is 12.1 Å². The van der Waals surface area contributed by atoms with Gasteiger partial charge in [0.1, 0.15) is 5.76 Å². The summed E-state index contributed by atoms with van der Waals surface area (Å²) in [5, 5.41) is 4.64. The number of sulfonamides is 1. The van der Waals surface area contributed by atoms with Crippen LogP contribution in [0.25, 0.3) is 0 Å². The number of rotatable bonds is 8. The summed E-state index contributed by atoms with van der Waals surface area (Å²) in [6.45, 7) is -0.526. The molecule has 3 N–H and O–H groups in total. The highest BCUT2D eigenvalue weighted by molar-refractivity contribution is 7.89. The molecule has 0 aliphatic heterocycles. The minimum absolute atomic E-state index is 0.0153. The Labute approximate surface area is 176 Å². The Balaban J connectivity index is 1.59. The fourth-order valence-corrected chi connectivity index (χ4v) is 3.55. The predicted molar refractivity (Wildman–Crippen MR) is 106 cm³/mol. The third-order valence-electron chi connectivity index (χ3n) is 4.04. The molecule has 0 radical (unpaired) electrons. The molecule has 1 aromatic heterocycles. The quantitative estimate of drug-likeness (QED) is 0.488. The van der Waals surface area contributed by atoms with E-state index in [2.05, 4.69) is 15.4 Å². The molecular weight excluding hydrogens is 432 g/mol. The van der Waals surface area contributed by atoms with Gasteiger partial charge in [-0.25, -0.2) is 21.9 Å². The molecule has 0 aliphatic rings. The van der Waals surface area contributed by atoms with Gasteiger partial charge in [-0.3, -0.25) is 9.59 Å². The molecule has 0 fully saturated rings. The molecule has 3 aromatic rings. The van der Waals surface area contributed by atoms with Crippen molar-refractivity contribution in [1.82, 2.24) is 10.0 Å². The van der Waals surface area contributed by atoms with Crippen LogP contribution in [0.3, 0.4) is 0 Å². The second-order valence-electron chi connectivity index (χ2n) is 6.29. The summed E-state index contributed by atoms with van der Waals surface area (Å²) in [6, 6.07) is 11.3. The number of hydrogen-bond donors (Lipinski definition) is 3. The van der Waals surface area contributed by atoms with Gasteiger partial charge in [-0.05, 0) is 42.5 Å². The van der Waals surface area contributed by atoms with E-state index in [9.17, 15) is 26.8 Å². The first kappa shape index (κ1) is 22.1. The lowest BCUT2D eigenvalue weighted by molar-refractivity contribution is -0.115. The first-order chi connectivity index (χ1) is 14.7. The van der Waals surface area contributed by atoms with Crippen molar-refractivity contribution in [1.29, 1.82) is 0 Å². The van der Waals surface area contributed by atoms with Gasteiger partial charge in [0, 0.05) is 17.3 Å². The minimum Gasteiger partial charge on any atom is -0.468 e. The summed E-state index contributed by atoms with van der Waals surface area (Å²) in [7, 11) is -3.91. The third-order valence-corrected chi connectivity index (χ3v) is 5.43. The molecule has 31 heavy (non-hydrogen) atoms. The molecule has 8 nitrogen and oxygen atoms in total. The van der Waals surface area contributed by atoms with Crippen LogP contribution in [0, 0.1) is 11.6 Å². The van der Waals surface area contributed by atoms with E-state index >= 15 is 0 Å². The number of furan rings is 1. The lowest BCUT2D eigenvalue weighted by Crippen LogP contribution is -2.33. The average molecular weight is 449 g/mol. The zero-order valence-electron chi connectivity index (χ0n) is 15.9. The second kappa shape index (κ2) is 9.49. The zero-order valence-corrected chi connectivity index (χ0v) is 16.7. The van der Waals surface area contributed by atoms with Gasteiger partial charge in [0.25, 0.3) is 5.91 Å². The normalized spacial score (nSPS) is 11.2. The molecule has 0 aliphatic carbocycles. The van der Waals surface area contributed by atoms with Crippen LogP contribution in [0.1, 0.15) is 16.1 Å². The monoisotopic (exact) mass is 449 g/mol. The Kier molecular flexibility index (Phi) is 6.78. The molecule has 0 unspecified atom stereocenters. The van der Waals surface area contributed by atoms with Crippen molar-refractivity contribution < 1.29 is 31.2 Å². The van der Waals surface area contributed by atoms with Crippen LogP contribution in [0.15, 0.2) is 70.2 Å². The second-order valence-corrected chi connectivity index (χ2v) is 8.06. The highest BCUT2D eigenvalue weighted by Gasteiger charge is 2.17. The fraction of sp³-hybridized carbons (Fsp3) is 0.100. The lowest BCUT2D eigenvalue weighted by atomic mass is 10.2. The average Bonchev–Trinajstić information content (AvgIpc) is 3.27. The topological polar surface area (TPSA) is 118 Å². The number of amides is 2. The highest BCUT2D eigenvalue weighted by Crippen LogP contribution is 2.14. The molecule has 11 heteroatoms. The Morgan fingerprint density at radius 1 is 0.968 bits per heavy atom. The Bertz CT molecular complexity index is 1200. The number of anilines is 1. The van der Waals surface area contributed by atoms with E-state index < -0.39 is 40.0 Å². The van der Waals surface area contributed by atoms with Crippen LogP contribution < -0.4 is 15.4 Å². The maximum atomic E-state index is 13.2. The first-order valence-corrected chi connectivity index (χ1v) is 10.4. The summed E-state index contributed by atoms with van der Waals surface area (Å²) in [4.78, 5) is 24.1. The van der Waals surface area contributed by atoms with Gasteiger partial charge in [-0.15, -0.1) is 0 Å². The number of carbonyl (C=O) groups is 2. The van der Waals surface area contributed by atoms with Gasteiger partial charge < -0.3 is 15.1 Å². The van der Waals surface area contributed by atoms with E-state index in [1.807, 2.05) is 0 Å². The number of nitrogens with one attached hydrogen (secondary N) is 3. The van der Waals surface area contributed by atoms with E-state index in [0.29, 0.717) is 5.76 Å². The molecule has 162 valence electrons. The third kappa shape index (κ3) is 5.96. The van der Waals surface area contributed by atoms with E-state index in [0.717, 1.165) is 18.2 Å². The van der Waals surface area contributed by atoms with Crippen LogP contribution in [0.2, 0.25) is 0 Å². The molecule has 0 bridgehead atoms. The maximum absolute atomic E-state index is 13.2. The van der Waals surface area contributed by atoms with E-state index in [4.69, 9.17) is 4.42 Å². The summed E-state index contributed by atoms with van der Waals surface area (Å²) in [6.07, 6.45) is 1.41. The van der Waals surface area contributed by atoms with Gasteiger partial charge in [-0.2, -0.15) is 0 Å². The van der Waals surface area contributed by atoms with Crippen LogP contribution in [-0.4, -0.2) is 26.8 Å². The number of halogens is 2. The maximum Gasteiger partial charge on any atom is 0.251 e. The smallest absolute Gasteiger partial charge is 0.251 e. The summed E-state index contributed by atoms with van der Waals surface area (Å²) in [5.74, 6) is -3.13. The summed E-state index contributed by atoms with van der Waals surface area (Å²) >= 11 is 0. The standard InChI is InChI=1S/C20H17F2N3O5S/c21-17-7-6-14(10-18(17)22)25-19(26)12-23-20(27)13-3-1-5-16(9-13)31(28,29)24-11-15-4-2-8-30-15/h1-10,24H,11-12H2,(H,23,27)(H,25,26). The first-order valence-electron chi connectivity index (χ1n) is 8.90. The van der Waals surface area contributed by atoms with Crippen molar-refractivity contribution in [3.63, 3.8) is 0 Å². The zero-order chi connectivity index (χ0) is 22.4. The molecule has 0 spiro atoms. The molecule has 1 heterocycles. The van der Waals surface area contributed by atoms with E-state index in [-0.39, 0.29) is 22.7 Å². The van der Waals surface area contributed by atoms with Crippen LogP contribution in [-0.2, 0) is 21.4 Å². The van der Waals surface area contributed by atoms with Crippen molar-refractivity contribution in [2.24, 2.45) is 0 Å². The molecule has 3 rings (SSSR count). The SMILES string of the molecule is O=C(CNC(=O)c1cccc(S(=O)(=O)NCc2ccco2)c1)Nc1ccc(F)c(F)c1. The van der Waals surface area contributed by atoms with E-state index in [1.165, 1.54) is 30.5 Å². The van der Waals surface area contributed by atoms with Gasteiger partial charge in [0.2, 0.25) is 15.9 Å². The Morgan fingerprint density at radius 3 is 2.48 bits per heavy atom. The van der Waals surface area contributed by atoms with Gasteiger partial charge >= 0.3 is 0 Å². The largest absolute Gasteiger partial charge is 0.468 e. The molecule has 0 atom stereocenters. The van der Waals surface area contributed by atoms with Gasteiger partial charge in [0.05, 0.1) is 24.2 Å². The van der Waals surface area contributed by atoms with Crippen molar-refractivity contribution in [2.75, 3.05) is 11.9 Å². The number of benzene rings is 2. The number of carbonyl (C=O) groups excluding carboxylic acids is 2.